The Hall–Kier alpha value is -1.65. The van der Waals surface area contributed by atoms with Crippen molar-refractivity contribution in [3.8, 4) is 5.88 Å². The van der Waals surface area contributed by atoms with Crippen LogP contribution in [0.15, 0.2) is 6.07 Å². The Labute approximate surface area is 93.8 Å². The highest BCUT2D eigenvalue weighted by Crippen LogP contribution is 2.38. The number of aryl methyl sites for hydroxylation is 1. The molecule has 0 unspecified atom stereocenters. The molecule has 0 radical (unpaired) electrons. The van der Waals surface area contributed by atoms with Gasteiger partial charge < -0.3 is 9.47 Å². The number of hydrogen-bond donors (Lipinski definition) is 0. The van der Waals surface area contributed by atoms with Gasteiger partial charge in [0.1, 0.15) is 5.82 Å². The van der Waals surface area contributed by atoms with Crippen molar-refractivity contribution in [1.82, 2.24) is 9.97 Å². The fourth-order valence-electron chi connectivity index (χ4n) is 1.35. The van der Waals surface area contributed by atoms with Gasteiger partial charge in [0.25, 0.3) is 0 Å². The predicted molar refractivity (Wildman–Crippen MR) is 56.3 cm³/mol. The van der Waals surface area contributed by atoms with E-state index in [-0.39, 0.29) is 6.61 Å². The Morgan fingerprint density at radius 1 is 1.50 bits per heavy atom. The van der Waals surface area contributed by atoms with Crippen LogP contribution in [-0.2, 0) is 9.53 Å². The molecular formula is C11H14N2O3. The molecule has 0 saturated heterocycles. The summed E-state index contributed by atoms with van der Waals surface area (Å²) in [7, 11) is 1.33. The molecule has 0 aromatic carbocycles. The molecule has 1 heterocycles. The van der Waals surface area contributed by atoms with Crippen molar-refractivity contribution in [1.29, 1.82) is 0 Å². The number of methoxy groups -OCH3 is 1. The first-order valence-corrected chi connectivity index (χ1v) is 5.24. The van der Waals surface area contributed by atoms with Gasteiger partial charge in [0.2, 0.25) is 5.88 Å². The molecule has 0 atom stereocenters. The quantitative estimate of drug-likeness (QED) is 0.717. The van der Waals surface area contributed by atoms with Crippen molar-refractivity contribution in [2.75, 3.05) is 13.7 Å². The van der Waals surface area contributed by atoms with Crippen LogP contribution in [0.5, 0.6) is 5.88 Å². The van der Waals surface area contributed by atoms with Gasteiger partial charge in [0.05, 0.1) is 7.11 Å². The van der Waals surface area contributed by atoms with Crippen molar-refractivity contribution in [3.63, 3.8) is 0 Å². The topological polar surface area (TPSA) is 61.3 Å². The summed E-state index contributed by atoms with van der Waals surface area (Å²) < 4.78 is 9.72. The standard InChI is InChI=1S/C11H14N2O3/c1-7-5-9(16-6-10(14)15-2)13-11(12-7)8-3-4-8/h5,8H,3-4,6H2,1-2H3. The maximum Gasteiger partial charge on any atom is 0.343 e. The molecule has 1 aromatic heterocycles. The van der Waals surface area contributed by atoms with Gasteiger partial charge in [-0.2, -0.15) is 4.98 Å². The molecule has 1 aromatic rings. The third-order valence-electron chi connectivity index (χ3n) is 2.36. The van der Waals surface area contributed by atoms with Gasteiger partial charge in [-0.05, 0) is 19.8 Å². The van der Waals surface area contributed by atoms with Gasteiger partial charge in [-0.15, -0.1) is 0 Å². The lowest BCUT2D eigenvalue weighted by Gasteiger charge is -2.06. The molecule has 0 aliphatic heterocycles. The van der Waals surface area contributed by atoms with Gasteiger partial charge in [-0.25, -0.2) is 9.78 Å². The molecule has 1 aliphatic carbocycles. The fraction of sp³-hybridized carbons (Fsp3) is 0.545. The normalized spacial score (nSPS) is 14.6. The highest BCUT2D eigenvalue weighted by atomic mass is 16.6. The molecule has 0 bridgehead atoms. The molecule has 0 spiro atoms. The van der Waals surface area contributed by atoms with Crippen molar-refractivity contribution in [3.05, 3.63) is 17.6 Å². The number of ether oxygens (including phenoxy) is 2. The summed E-state index contributed by atoms with van der Waals surface area (Å²) in [6.07, 6.45) is 2.28. The van der Waals surface area contributed by atoms with Crippen LogP contribution in [0.1, 0.15) is 30.3 Å². The first-order valence-electron chi connectivity index (χ1n) is 5.24. The average molecular weight is 222 g/mol. The molecule has 1 aliphatic rings. The van der Waals surface area contributed by atoms with Crippen LogP contribution in [0.4, 0.5) is 0 Å². The highest BCUT2D eigenvalue weighted by molar-refractivity contribution is 5.70. The summed E-state index contributed by atoms with van der Waals surface area (Å²) in [5, 5.41) is 0. The molecule has 1 saturated carbocycles. The van der Waals surface area contributed by atoms with Gasteiger partial charge in [0.15, 0.2) is 6.61 Å². The Morgan fingerprint density at radius 2 is 2.25 bits per heavy atom. The summed E-state index contributed by atoms with van der Waals surface area (Å²) in [6.45, 7) is 1.77. The van der Waals surface area contributed by atoms with E-state index in [1.807, 2.05) is 6.92 Å². The van der Waals surface area contributed by atoms with Gasteiger partial charge in [-0.1, -0.05) is 0 Å². The van der Waals surface area contributed by atoms with Crippen molar-refractivity contribution >= 4 is 5.97 Å². The fourth-order valence-corrected chi connectivity index (χ4v) is 1.35. The molecule has 0 N–H and O–H groups in total. The van der Waals surface area contributed by atoms with E-state index in [1.54, 1.807) is 6.07 Å². The lowest BCUT2D eigenvalue weighted by Crippen LogP contribution is -2.13. The second-order valence-corrected chi connectivity index (χ2v) is 3.84. The van der Waals surface area contributed by atoms with Crippen LogP contribution in [0.3, 0.4) is 0 Å². The van der Waals surface area contributed by atoms with Crippen LogP contribution < -0.4 is 4.74 Å². The second-order valence-electron chi connectivity index (χ2n) is 3.84. The van der Waals surface area contributed by atoms with E-state index in [4.69, 9.17) is 4.74 Å². The Kier molecular flexibility index (Phi) is 3.03. The van der Waals surface area contributed by atoms with Crippen molar-refractivity contribution < 1.29 is 14.3 Å². The maximum atomic E-state index is 10.9. The highest BCUT2D eigenvalue weighted by Gasteiger charge is 2.27. The second kappa shape index (κ2) is 4.47. The number of esters is 1. The summed E-state index contributed by atoms with van der Waals surface area (Å²) in [5.41, 5.74) is 0.858. The smallest absolute Gasteiger partial charge is 0.343 e. The first-order chi connectivity index (χ1) is 7.69. The number of rotatable bonds is 4. The van der Waals surface area contributed by atoms with Crippen LogP contribution in [0.2, 0.25) is 0 Å². The van der Waals surface area contributed by atoms with E-state index < -0.39 is 5.97 Å². The Balaban J connectivity index is 2.05. The minimum absolute atomic E-state index is 0.114. The molecular weight excluding hydrogens is 208 g/mol. The van der Waals surface area contributed by atoms with Crippen LogP contribution in [0, 0.1) is 6.92 Å². The number of aromatic nitrogens is 2. The first kappa shape index (κ1) is 10.9. The zero-order chi connectivity index (χ0) is 11.5. The molecule has 16 heavy (non-hydrogen) atoms. The van der Waals surface area contributed by atoms with E-state index in [0.717, 1.165) is 24.4 Å². The monoisotopic (exact) mass is 222 g/mol. The summed E-state index contributed by atoms with van der Waals surface area (Å²) in [4.78, 5) is 19.5. The Bertz CT molecular complexity index is 402. The van der Waals surface area contributed by atoms with E-state index in [9.17, 15) is 4.79 Å². The van der Waals surface area contributed by atoms with Gasteiger partial charge in [-0.3, -0.25) is 0 Å². The lowest BCUT2D eigenvalue weighted by molar-refractivity contribution is -0.143. The third-order valence-corrected chi connectivity index (χ3v) is 2.36. The zero-order valence-corrected chi connectivity index (χ0v) is 9.40. The minimum Gasteiger partial charge on any atom is -0.466 e. The lowest BCUT2D eigenvalue weighted by atomic mass is 10.3. The molecule has 86 valence electrons. The number of carbonyl (C=O) groups excluding carboxylic acids is 1. The average Bonchev–Trinajstić information content (AvgIpc) is 3.09. The SMILES string of the molecule is COC(=O)COc1cc(C)nc(C2CC2)n1. The maximum absolute atomic E-state index is 10.9. The zero-order valence-electron chi connectivity index (χ0n) is 9.40. The van der Waals surface area contributed by atoms with E-state index in [2.05, 4.69) is 14.7 Å². The molecule has 5 heteroatoms. The van der Waals surface area contributed by atoms with Crippen LogP contribution in [0.25, 0.3) is 0 Å². The van der Waals surface area contributed by atoms with Crippen molar-refractivity contribution in [2.45, 2.75) is 25.7 Å². The molecule has 0 amide bonds. The van der Waals surface area contributed by atoms with E-state index in [0.29, 0.717) is 11.8 Å². The van der Waals surface area contributed by atoms with Crippen molar-refractivity contribution in [2.24, 2.45) is 0 Å². The predicted octanol–water partition coefficient (Wildman–Crippen LogP) is 1.21. The van der Waals surface area contributed by atoms with Gasteiger partial charge in [0, 0.05) is 17.7 Å². The molecule has 5 nitrogen and oxygen atoms in total. The Morgan fingerprint density at radius 3 is 2.88 bits per heavy atom. The molecule has 1 fully saturated rings. The summed E-state index contributed by atoms with van der Waals surface area (Å²) in [6, 6.07) is 1.72. The summed E-state index contributed by atoms with van der Waals surface area (Å²) in [5.74, 6) is 1.32. The van der Waals surface area contributed by atoms with Gasteiger partial charge >= 0.3 is 5.97 Å². The minimum atomic E-state index is -0.413. The van der Waals surface area contributed by atoms with Crippen LogP contribution in [-0.4, -0.2) is 29.7 Å². The van der Waals surface area contributed by atoms with E-state index in [1.165, 1.54) is 7.11 Å². The number of hydrogen-bond acceptors (Lipinski definition) is 5. The largest absolute Gasteiger partial charge is 0.466 e. The summed E-state index contributed by atoms with van der Waals surface area (Å²) >= 11 is 0. The van der Waals surface area contributed by atoms with Crippen LogP contribution >= 0.6 is 0 Å². The van der Waals surface area contributed by atoms with E-state index >= 15 is 0 Å². The number of carbonyl (C=O) groups is 1. The third kappa shape index (κ3) is 2.68. The number of nitrogens with zero attached hydrogens (tertiary/aromatic N) is 2. The molecule has 2 rings (SSSR count).